The van der Waals surface area contributed by atoms with E-state index in [1.165, 1.54) is 0 Å². The van der Waals surface area contributed by atoms with Gasteiger partial charge < -0.3 is 4.74 Å². The Morgan fingerprint density at radius 2 is 1.38 bits per heavy atom. The minimum Gasteiger partial charge on any atom is -0.332 e. The van der Waals surface area contributed by atoms with Crippen molar-refractivity contribution < 1.29 is 4.74 Å². The summed E-state index contributed by atoms with van der Waals surface area (Å²) in [6, 6.07) is 0. The highest BCUT2D eigenvalue weighted by molar-refractivity contribution is 8.28. The molecule has 0 aliphatic carbocycles. The van der Waals surface area contributed by atoms with Crippen LogP contribution in [0.3, 0.4) is 0 Å². The number of hydrogen-bond acceptors (Lipinski definition) is 1. The standard InChI is InChI=1S/C10H22OS2/c1-7(2)11-10(12)13(8(3)4)9(5)6/h7-9,12H,1-6H3. The molecule has 0 saturated heterocycles. The minimum absolute atomic E-state index is 0.165. The molecule has 0 amide bonds. The third kappa shape index (κ3) is 5.08. The van der Waals surface area contributed by atoms with Crippen LogP contribution in [0.25, 0.3) is 0 Å². The van der Waals surface area contributed by atoms with E-state index in [1.807, 2.05) is 13.8 Å². The topological polar surface area (TPSA) is 9.23 Å². The van der Waals surface area contributed by atoms with Crippen molar-refractivity contribution in [2.24, 2.45) is 0 Å². The maximum atomic E-state index is 5.63. The van der Waals surface area contributed by atoms with Crippen LogP contribution in [-0.2, 0) is 4.74 Å². The summed E-state index contributed by atoms with van der Waals surface area (Å²) in [5, 5.41) is 1.23. The summed E-state index contributed by atoms with van der Waals surface area (Å²) in [5.74, 6) is 0. The van der Waals surface area contributed by atoms with Crippen molar-refractivity contribution >= 4 is 27.5 Å². The molecule has 0 fully saturated rings. The van der Waals surface area contributed by atoms with Crippen LogP contribution in [0.4, 0.5) is 0 Å². The summed E-state index contributed by atoms with van der Waals surface area (Å²) in [7, 11) is 0.165. The van der Waals surface area contributed by atoms with Crippen LogP contribution in [0.5, 0.6) is 0 Å². The van der Waals surface area contributed by atoms with Crippen LogP contribution in [-0.4, -0.2) is 21.0 Å². The lowest BCUT2D eigenvalue weighted by Crippen LogP contribution is -2.13. The zero-order valence-electron chi connectivity index (χ0n) is 9.50. The van der Waals surface area contributed by atoms with E-state index >= 15 is 0 Å². The second-order valence-electron chi connectivity index (χ2n) is 3.90. The predicted molar refractivity (Wildman–Crippen MR) is 68.1 cm³/mol. The minimum atomic E-state index is 0.165. The van der Waals surface area contributed by atoms with Crippen LogP contribution in [0, 0.1) is 0 Å². The molecule has 0 bridgehead atoms. The van der Waals surface area contributed by atoms with Crippen molar-refractivity contribution in [3.8, 4) is 0 Å². The van der Waals surface area contributed by atoms with E-state index < -0.39 is 0 Å². The maximum Gasteiger partial charge on any atom is 0.131 e. The molecule has 0 rings (SSSR count). The summed E-state index contributed by atoms with van der Waals surface area (Å²) in [5.41, 5.74) is 0. The van der Waals surface area contributed by atoms with E-state index in [4.69, 9.17) is 4.74 Å². The van der Waals surface area contributed by atoms with E-state index in [2.05, 4.69) is 40.3 Å². The van der Waals surface area contributed by atoms with Gasteiger partial charge >= 0.3 is 0 Å². The molecule has 80 valence electrons. The molecule has 0 spiro atoms. The lowest BCUT2D eigenvalue weighted by molar-refractivity contribution is 0.243. The van der Waals surface area contributed by atoms with Crippen molar-refractivity contribution in [3.63, 3.8) is 0 Å². The van der Waals surface area contributed by atoms with E-state index in [0.29, 0.717) is 10.5 Å². The van der Waals surface area contributed by atoms with Crippen molar-refractivity contribution in [1.29, 1.82) is 0 Å². The zero-order chi connectivity index (χ0) is 10.6. The Kier molecular flexibility index (Phi) is 6.34. The summed E-state index contributed by atoms with van der Waals surface area (Å²) in [4.78, 5) is 0. The van der Waals surface area contributed by atoms with Crippen molar-refractivity contribution in [1.82, 2.24) is 0 Å². The molecule has 0 heterocycles. The molecular formula is C10H22OS2. The van der Waals surface area contributed by atoms with Gasteiger partial charge in [-0.15, -0.1) is 23.1 Å². The van der Waals surface area contributed by atoms with Gasteiger partial charge in [-0.05, 0) is 24.3 Å². The second kappa shape index (κ2) is 6.10. The second-order valence-corrected chi connectivity index (χ2v) is 7.61. The predicted octanol–water partition coefficient (Wildman–Crippen LogP) is 3.51. The molecule has 0 aromatic heterocycles. The average Bonchev–Trinajstić information content (AvgIpc) is 1.81. The number of rotatable bonds is 3. The van der Waals surface area contributed by atoms with E-state index in [0.717, 1.165) is 4.38 Å². The highest BCUT2D eigenvalue weighted by Gasteiger charge is 2.12. The molecule has 0 aromatic carbocycles. The number of thiol groups is 1. The van der Waals surface area contributed by atoms with Gasteiger partial charge in [0, 0.05) is 0 Å². The molecule has 0 unspecified atom stereocenters. The first-order valence-electron chi connectivity index (χ1n) is 4.80. The van der Waals surface area contributed by atoms with Crippen molar-refractivity contribution in [3.05, 3.63) is 0 Å². The third-order valence-electron chi connectivity index (χ3n) is 1.55. The van der Waals surface area contributed by atoms with E-state index in [9.17, 15) is 0 Å². The van der Waals surface area contributed by atoms with Crippen molar-refractivity contribution in [2.45, 2.75) is 58.1 Å². The van der Waals surface area contributed by atoms with Gasteiger partial charge in [0.2, 0.25) is 0 Å². The molecule has 0 radical (unpaired) electrons. The first kappa shape index (κ1) is 13.5. The third-order valence-corrected chi connectivity index (χ3v) is 4.82. The first-order chi connectivity index (χ1) is 5.86. The van der Waals surface area contributed by atoms with Crippen LogP contribution in [0.2, 0.25) is 0 Å². The molecule has 1 nitrogen and oxygen atoms in total. The smallest absolute Gasteiger partial charge is 0.131 e. The van der Waals surface area contributed by atoms with Gasteiger partial charge in [-0.1, -0.05) is 27.7 Å². The van der Waals surface area contributed by atoms with Crippen molar-refractivity contribution in [2.75, 3.05) is 0 Å². The van der Waals surface area contributed by atoms with Gasteiger partial charge in [0.25, 0.3) is 0 Å². The molecule has 0 aliphatic heterocycles. The Hall–Kier alpha value is 0.530. The summed E-state index contributed by atoms with van der Waals surface area (Å²) in [6.07, 6.45) is 0.236. The van der Waals surface area contributed by atoms with Crippen LogP contribution in [0.15, 0.2) is 0 Å². The Bertz CT molecular complexity index is 173. The first-order valence-corrected chi connectivity index (χ1v) is 6.60. The largest absolute Gasteiger partial charge is 0.332 e. The van der Waals surface area contributed by atoms with Gasteiger partial charge in [-0.2, -0.15) is 0 Å². The van der Waals surface area contributed by atoms with Gasteiger partial charge in [-0.25, -0.2) is 0 Å². The molecule has 3 heteroatoms. The quantitative estimate of drug-likeness (QED) is 0.568. The summed E-state index contributed by atoms with van der Waals surface area (Å²) in [6.45, 7) is 13.0. The molecule has 0 aromatic rings. The number of hydrogen-bond donors (Lipinski definition) is 1. The highest BCUT2D eigenvalue weighted by Crippen LogP contribution is 2.30. The fourth-order valence-corrected chi connectivity index (χ4v) is 4.88. The molecular weight excluding hydrogens is 200 g/mol. The fraction of sp³-hybridized carbons (Fsp3) is 0.900. The molecule has 0 aliphatic rings. The zero-order valence-corrected chi connectivity index (χ0v) is 11.2. The van der Waals surface area contributed by atoms with Gasteiger partial charge in [-0.3, -0.25) is 0 Å². The normalized spacial score (nSPS) is 12.2. The van der Waals surface area contributed by atoms with Crippen LogP contribution in [0.1, 0.15) is 41.5 Å². The van der Waals surface area contributed by atoms with Crippen LogP contribution >= 0.6 is 23.1 Å². The van der Waals surface area contributed by atoms with E-state index in [1.54, 1.807) is 0 Å². The average molecular weight is 222 g/mol. The Morgan fingerprint density at radius 1 is 1.00 bits per heavy atom. The number of ether oxygens (including phenoxy) is 1. The van der Waals surface area contributed by atoms with E-state index in [-0.39, 0.29) is 16.6 Å². The Balaban J connectivity index is 4.65. The van der Waals surface area contributed by atoms with Gasteiger partial charge in [0.05, 0.1) is 6.10 Å². The Labute approximate surface area is 90.6 Å². The lowest BCUT2D eigenvalue weighted by atomic mass is 10.5. The molecule has 0 atom stereocenters. The molecule has 0 saturated carbocycles. The van der Waals surface area contributed by atoms with Crippen LogP contribution < -0.4 is 0 Å². The highest BCUT2D eigenvalue weighted by atomic mass is 32.2. The Morgan fingerprint density at radius 3 is 1.62 bits per heavy atom. The molecule has 13 heavy (non-hydrogen) atoms. The monoisotopic (exact) mass is 222 g/mol. The lowest BCUT2D eigenvalue weighted by Gasteiger charge is -2.21. The maximum absolute atomic E-state index is 5.63. The summed E-state index contributed by atoms with van der Waals surface area (Å²) < 4.78 is 6.54. The SMILES string of the molecule is CC(C)OC(S)=S(C(C)C)C(C)C. The summed E-state index contributed by atoms with van der Waals surface area (Å²) >= 11 is 4.45. The molecule has 0 N–H and O–H groups in total. The van der Waals surface area contributed by atoms with Gasteiger partial charge in [0.1, 0.15) is 4.38 Å². The fourth-order valence-electron chi connectivity index (χ4n) is 1.20. The van der Waals surface area contributed by atoms with Gasteiger partial charge in [0.15, 0.2) is 0 Å².